The minimum atomic E-state index is -1.02. The first kappa shape index (κ1) is 14.7. The lowest BCUT2D eigenvalue weighted by Crippen LogP contribution is -2.46. The second kappa shape index (κ2) is 6.32. The fraction of sp³-hybridized carbons (Fsp3) is 0.800. The van der Waals surface area contributed by atoms with Gasteiger partial charge in [-0.25, -0.2) is 0 Å². The van der Waals surface area contributed by atoms with Crippen LogP contribution in [0.3, 0.4) is 0 Å². The fourth-order valence-electron chi connectivity index (χ4n) is 0.921. The molecule has 0 bridgehead atoms. The Morgan fingerprint density at radius 3 is 2.56 bits per heavy atom. The van der Waals surface area contributed by atoms with E-state index in [1.54, 1.807) is 13.8 Å². The molecule has 6 heteroatoms. The zero-order valence-corrected chi connectivity index (χ0v) is 10.3. The molecule has 4 N–H and O–H groups in total. The van der Waals surface area contributed by atoms with E-state index in [9.17, 15) is 4.79 Å². The van der Waals surface area contributed by atoms with Crippen LogP contribution >= 0.6 is 0 Å². The van der Waals surface area contributed by atoms with E-state index in [-0.39, 0.29) is 17.8 Å². The van der Waals surface area contributed by atoms with Crippen molar-refractivity contribution in [2.24, 2.45) is 16.3 Å². The van der Waals surface area contributed by atoms with Crippen LogP contribution in [0.15, 0.2) is 5.16 Å². The number of nitrogens with zero attached hydrogens (tertiary/aromatic N) is 1. The Balaban J connectivity index is 4.07. The first-order valence-corrected chi connectivity index (χ1v) is 5.20. The Morgan fingerprint density at radius 1 is 1.56 bits per heavy atom. The average molecular weight is 231 g/mol. The van der Waals surface area contributed by atoms with Crippen LogP contribution in [0.1, 0.15) is 27.7 Å². The van der Waals surface area contributed by atoms with Crippen LogP contribution in [0.5, 0.6) is 0 Å². The first-order chi connectivity index (χ1) is 7.32. The zero-order valence-electron chi connectivity index (χ0n) is 10.3. The van der Waals surface area contributed by atoms with E-state index >= 15 is 0 Å². The van der Waals surface area contributed by atoms with Gasteiger partial charge in [0, 0.05) is 6.54 Å². The first-order valence-electron chi connectivity index (χ1n) is 5.20. The van der Waals surface area contributed by atoms with E-state index in [0.29, 0.717) is 13.2 Å². The number of rotatable bonds is 6. The van der Waals surface area contributed by atoms with Crippen LogP contribution in [0.2, 0.25) is 0 Å². The lowest BCUT2D eigenvalue weighted by molar-refractivity contribution is -0.126. The summed E-state index contributed by atoms with van der Waals surface area (Å²) in [5, 5.41) is 14.0. The third-order valence-corrected chi connectivity index (χ3v) is 2.15. The standard InChI is InChI=1S/C10H21N3O3/c1-7(2)16-6-5-12-9(14)10(3,4)8(11)13-15/h7,15H,5-6H2,1-4H3,(H2,11,13)(H,12,14). The summed E-state index contributed by atoms with van der Waals surface area (Å²) < 4.78 is 5.27. The number of nitrogens with one attached hydrogen (secondary N) is 1. The normalized spacial score (nSPS) is 12.9. The Bertz CT molecular complexity index is 262. The predicted octanol–water partition coefficient (Wildman–Crippen LogP) is 0.300. The molecule has 0 aliphatic rings. The molecule has 0 saturated carbocycles. The zero-order chi connectivity index (χ0) is 12.8. The lowest BCUT2D eigenvalue weighted by atomic mass is 9.91. The smallest absolute Gasteiger partial charge is 0.233 e. The molecule has 1 amide bonds. The molecular formula is C10H21N3O3. The number of carbonyl (C=O) groups excluding carboxylic acids is 1. The summed E-state index contributed by atoms with van der Waals surface area (Å²) in [6, 6.07) is 0. The highest BCUT2D eigenvalue weighted by molar-refractivity contribution is 6.05. The molecule has 0 radical (unpaired) electrons. The Morgan fingerprint density at radius 2 is 2.12 bits per heavy atom. The molecular weight excluding hydrogens is 210 g/mol. The minimum Gasteiger partial charge on any atom is -0.409 e. The van der Waals surface area contributed by atoms with Gasteiger partial charge in [-0.05, 0) is 27.7 Å². The van der Waals surface area contributed by atoms with Gasteiger partial charge in [0.1, 0.15) is 5.41 Å². The van der Waals surface area contributed by atoms with Crippen LogP contribution in [0.25, 0.3) is 0 Å². The number of nitrogens with two attached hydrogens (primary N) is 1. The van der Waals surface area contributed by atoms with Gasteiger partial charge in [-0.15, -0.1) is 0 Å². The predicted molar refractivity (Wildman–Crippen MR) is 61.3 cm³/mol. The Kier molecular flexibility index (Phi) is 5.81. The molecule has 0 atom stereocenters. The molecule has 0 fully saturated rings. The maximum atomic E-state index is 11.7. The number of hydrogen-bond acceptors (Lipinski definition) is 4. The van der Waals surface area contributed by atoms with Gasteiger partial charge in [0.15, 0.2) is 5.84 Å². The van der Waals surface area contributed by atoms with E-state index in [1.165, 1.54) is 0 Å². The number of amides is 1. The number of oxime groups is 1. The van der Waals surface area contributed by atoms with Crippen molar-refractivity contribution in [3.8, 4) is 0 Å². The molecule has 0 aromatic heterocycles. The quantitative estimate of drug-likeness (QED) is 0.201. The van der Waals surface area contributed by atoms with Gasteiger partial charge < -0.3 is 21.0 Å². The van der Waals surface area contributed by atoms with Crippen molar-refractivity contribution < 1.29 is 14.7 Å². The van der Waals surface area contributed by atoms with Crippen molar-refractivity contribution in [1.29, 1.82) is 0 Å². The topological polar surface area (TPSA) is 96.9 Å². The highest BCUT2D eigenvalue weighted by Crippen LogP contribution is 2.14. The average Bonchev–Trinajstić information content (AvgIpc) is 2.22. The third kappa shape index (κ3) is 4.48. The van der Waals surface area contributed by atoms with Crippen LogP contribution in [-0.2, 0) is 9.53 Å². The number of ether oxygens (including phenoxy) is 1. The summed E-state index contributed by atoms with van der Waals surface area (Å²) in [6.45, 7) is 7.85. The van der Waals surface area contributed by atoms with Gasteiger partial charge in [0.25, 0.3) is 0 Å². The number of amidine groups is 1. The molecule has 94 valence electrons. The summed E-state index contributed by atoms with van der Waals surface area (Å²) in [6.07, 6.45) is 0.133. The van der Waals surface area contributed by atoms with Crippen molar-refractivity contribution in [3.05, 3.63) is 0 Å². The molecule has 0 rings (SSSR count). The summed E-state index contributed by atoms with van der Waals surface area (Å²) >= 11 is 0. The van der Waals surface area contributed by atoms with Crippen LogP contribution in [-0.4, -0.2) is 36.2 Å². The summed E-state index contributed by atoms with van der Waals surface area (Å²) in [4.78, 5) is 11.7. The van der Waals surface area contributed by atoms with Gasteiger partial charge in [-0.3, -0.25) is 4.79 Å². The van der Waals surface area contributed by atoms with E-state index < -0.39 is 5.41 Å². The number of hydrogen-bond donors (Lipinski definition) is 3. The van der Waals surface area contributed by atoms with E-state index in [0.717, 1.165) is 0 Å². The van der Waals surface area contributed by atoms with E-state index in [1.807, 2.05) is 13.8 Å². The van der Waals surface area contributed by atoms with Crippen molar-refractivity contribution in [2.75, 3.05) is 13.2 Å². The highest BCUT2D eigenvalue weighted by atomic mass is 16.5. The highest BCUT2D eigenvalue weighted by Gasteiger charge is 2.32. The fourth-order valence-corrected chi connectivity index (χ4v) is 0.921. The third-order valence-electron chi connectivity index (χ3n) is 2.15. The second-order valence-electron chi connectivity index (χ2n) is 4.29. The van der Waals surface area contributed by atoms with Crippen LogP contribution in [0, 0.1) is 5.41 Å². The molecule has 0 aliphatic carbocycles. The number of carbonyl (C=O) groups is 1. The minimum absolute atomic E-state index is 0.116. The van der Waals surface area contributed by atoms with Gasteiger partial charge in [0.2, 0.25) is 5.91 Å². The lowest BCUT2D eigenvalue weighted by Gasteiger charge is -2.21. The molecule has 16 heavy (non-hydrogen) atoms. The van der Waals surface area contributed by atoms with E-state index in [4.69, 9.17) is 15.7 Å². The SMILES string of the molecule is CC(C)OCCNC(=O)C(C)(C)C(N)=NO. The van der Waals surface area contributed by atoms with Crippen molar-refractivity contribution in [3.63, 3.8) is 0 Å². The van der Waals surface area contributed by atoms with Crippen LogP contribution in [0.4, 0.5) is 0 Å². The maximum Gasteiger partial charge on any atom is 0.233 e. The molecule has 6 nitrogen and oxygen atoms in total. The largest absolute Gasteiger partial charge is 0.409 e. The maximum absolute atomic E-state index is 11.7. The second-order valence-corrected chi connectivity index (χ2v) is 4.29. The summed E-state index contributed by atoms with van der Waals surface area (Å²) in [5.74, 6) is -0.412. The van der Waals surface area contributed by atoms with Gasteiger partial charge in [-0.2, -0.15) is 0 Å². The Labute approximate surface area is 95.8 Å². The molecule has 0 heterocycles. The Hall–Kier alpha value is -1.30. The van der Waals surface area contributed by atoms with Crippen molar-refractivity contribution in [2.45, 2.75) is 33.8 Å². The monoisotopic (exact) mass is 231 g/mol. The van der Waals surface area contributed by atoms with Crippen LogP contribution < -0.4 is 11.1 Å². The van der Waals surface area contributed by atoms with E-state index in [2.05, 4.69) is 10.5 Å². The van der Waals surface area contributed by atoms with Gasteiger partial charge in [0.05, 0.1) is 12.7 Å². The molecule has 0 aromatic carbocycles. The molecule has 0 saturated heterocycles. The summed E-state index contributed by atoms with van der Waals surface area (Å²) in [5.41, 5.74) is 4.39. The summed E-state index contributed by atoms with van der Waals surface area (Å²) in [7, 11) is 0. The molecule has 0 spiro atoms. The molecule has 0 aliphatic heterocycles. The van der Waals surface area contributed by atoms with Gasteiger partial charge >= 0.3 is 0 Å². The molecule has 0 aromatic rings. The van der Waals surface area contributed by atoms with Crippen molar-refractivity contribution >= 4 is 11.7 Å². The van der Waals surface area contributed by atoms with Gasteiger partial charge in [-0.1, -0.05) is 5.16 Å². The molecule has 0 unspecified atom stereocenters. The van der Waals surface area contributed by atoms with Crippen molar-refractivity contribution in [1.82, 2.24) is 5.32 Å².